The number of carbonyl (C=O) groups excluding carboxylic acids is 4. The van der Waals surface area contributed by atoms with Crippen LogP contribution in [0.3, 0.4) is 0 Å². The van der Waals surface area contributed by atoms with Gasteiger partial charge in [-0.25, -0.2) is 4.79 Å². The molecule has 0 aromatic carbocycles. The minimum atomic E-state index is -2.79. The van der Waals surface area contributed by atoms with Crippen LogP contribution in [-0.2, 0) is 33.4 Å². The van der Waals surface area contributed by atoms with Crippen LogP contribution in [-0.4, -0.2) is 45.7 Å². The van der Waals surface area contributed by atoms with Crippen molar-refractivity contribution >= 4 is 29.8 Å². The van der Waals surface area contributed by atoms with E-state index in [1.807, 2.05) is 0 Å². The number of aliphatic hydroxyl groups is 1. The lowest BCUT2D eigenvalue weighted by atomic mass is 9.96. The molecule has 0 amide bonds. The lowest BCUT2D eigenvalue weighted by Gasteiger charge is -2.20. The number of carbonyl (C=O) groups is 5. The van der Waals surface area contributed by atoms with Crippen molar-refractivity contribution < 1.29 is 43.7 Å². The van der Waals surface area contributed by atoms with Crippen LogP contribution in [0.5, 0.6) is 0 Å². The zero-order valence-corrected chi connectivity index (χ0v) is 9.58. The summed E-state index contributed by atoms with van der Waals surface area (Å²) in [5.74, 6) is -6.65. The molecule has 0 spiro atoms. The molecule has 1 fully saturated rings. The van der Waals surface area contributed by atoms with Crippen molar-refractivity contribution in [3.63, 3.8) is 0 Å². The van der Waals surface area contributed by atoms with Crippen molar-refractivity contribution in [2.24, 2.45) is 0 Å². The predicted octanol–water partition coefficient (Wildman–Crippen LogP) is -1.48. The van der Waals surface area contributed by atoms with E-state index >= 15 is 0 Å². The maximum atomic E-state index is 11.2. The molecule has 2 N–H and O–H groups in total. The number of carboxylic acids is 1. The Morgan fingerprint density at radius 2 is 1.26 bits per heavy atom. The minimum Gasteiger partial charge on any atom is -0.479 e. The third-order valence-electron chi connectivity index (χ3n) is 2.26. The molecule has 0 radical (unpaired) electrons. The van der Waals surface area contributed by atoms with Gasteiger partial charge >= 0.3 is 29.8 Å². The highest BCUT2D eigenvalue weighted by atomic mass is 16.6. The Labute approximate surface area is 106 Å². The van der Waals surface area contributed by atoms with Gasteiger partial charge in [0.15, 0.2) is 5.60 Å². The average Bonchev–Trinajstić information content (AvgIpc) is 2.25. The molecule has 1 aliphatic heterocycles. The van der Waals surface area contributed by atoms with Crippen LogP contribution in [0.4, 0.5) is 0 Å². The fraction of sp³-hybridized carbons (Fsp3) is 0.500. The molecular formula is C10H10O9. The summed E-state index contributed by atoms with van der Waals surface area (Å²) in [7, 11) is 0. The highest BCUT2D eigenvalue weighted by Crippen LogP contribution is 2.19. The van der Waals surface area contributed by atoms with Gasteiger partial charge in [-0.05, 0) is 0 Å². The van der Waals surface area contributed by atoms with Gasteiger partial charge in [-0.1, -0.05) is 0 Å². The predicted molar refractivity (Wildman–Crippen MR) is 53.3 cm³/mol. The Balaban J connectivity index is 2.99. The van der Waals surface area contributed by atoms with Gasteiger partial charge in [-0.2, -0.15) is 0 Å². The minimum absolute atomic E-state index is 0.497. The van der Waals surface area contributed by atoms with Crippen LogP contribution in [0.2, 0.25) is 0 Å². The van der Waals surface area contributed by atoms with E-state index in [4.69, 9.17) is 5.11 Å². The van der Waals surface area contributed by atoms with E-state index in [2.05, 4.69) is 9.47 Å². The number of aliphatic carboxylic acids is 1. The molecule has 1 rings (SSSR count). The van der Waals surface area contributed by atoms with E-state index in [0.29, 0.717) is 0 Å². The normalized spacial score (nSPS) is 21.1. The Kier molecular flexibility index (Phi) is 4.33. The van der Waals surface area contributed by atoms with Crippen LogP contribution < -0.4 is 0 Å². The van der Waals surface area contributed by atoms with E-state index < -0.39 is 61.1 Å². The second kappa shape index (κ2) is 5.57. The molecule has 0 saturated carbocycles. The van der Waals surface area contributed by atoms with Crippen molar-refractivity contribution in [3.8, 4) is 0 Å². The second-order valence-electron chi connectivity index (χ2n) is 3.88. The van der Waals surface area contributed by atoms with Crippen LogP contribution >= 0.6 is 0 Å². The summed E-state index contributed by atoms with van der Waals surface area (Å²) in [5, 5.41) is 18.4. The highest BCUT2D eigenvalue weighted by molar-refractivity contribution is 5.96. The van der Waals surface area contributed by atoms with E-state index in [0.717, 1.165) is 0 Å². The second-order valence-corrected chi connectivity index (χ2v) is 3.88. The number of hydrogen-bond donors (Lipinski definition) is 2. The summed E-state index contributed by atoms with van der Waals surface area (Å²) < 4.78 is 8.38. The molecule has 9 heteroatoms. The SMILES string of the molecule is O=C1CCC(=O)OC(=O)CC(O)(C(=O)O)CC(=O)O1. The molecule has 0 bridgehead atoms. The van der Waals surface area contributed by atoms with Crippen LogP contribution in [0.25, 0.3) is 0 Å². The topological polar surface area (TPSA) is 144 Å². The maximum Gasteiger partial charge on any atom is 0.336 e. The number of ether oxygens (including phenoxy) is 2. The monoisotopic (exact) mass is 274 g/mol. The van der Waals surface area contributed by atoms with E-state index in [1.165, 1.54) is 0 Å². The summed E-state index contributed by atoms with van der Waals surface area (Å²) >= 11 is 0. The largest absolute Gasteiger partial charge is 0.479 e. The molecule has 1 heterocycles. The Morgan fingerprint density at radius 1 is 0.895 bits per heavy atom. The lowest BCUT2D eigenvalue weighted by Crippen LogP contribution is -2.43. The molecule has 9 nitrogen and oxygen atoms in total. The van der Waals surface area contributed by atoms with Crippen LogP contribution in [0, 0.1) is 0 Å². The Bertz CT molecular complexity index is 418. The molecule has 1 aliphatic rings. The van der Waals surface area contributed by atoms with Crippen molar-refractivity contribution in [1.82, 2.24) is 0 Å². The zero-order valence-electron chi connectivity index (χ0n) is 9.58. The van der Waals surface area contributed by atoms with Crippen molar-refractivity contribution in [3.05, 3.63) is 0 Å². The van der Waals surface area contributed by atoms with E-state index in [-0.39, 0.29) is 0 Å². The molecule has 104 valence electrons. The van der Waals surface area contributed by atoms with Gasteiger partial charge in [0.1, 0.15) is 0 Å². The number of carboxylic acid groups (broad SMARTS) is 1. The number of rotatable bonds is 1. The first-order valence-corrected chi connectivity index (χ1v) is 5.16. The number of cyclic esters (lactones) is 4. The van der Waals surface area contributed by atoms with Gasteiger partial charge in [-0.3, -0.25) is 19.2 Å². The highest BCUT2D eigenvalue weighted by Gasteiger charge is 2.43. The molecule has 0 unspecified atom stereocenters. The quantitative estimate of drug-likeness (QED) is 0.431. The summed E-state index contributed by atoms with van der Waals surface area (Å²) in [6.45, 7) is 0. The summed E-state index contributed by atoms with van der Waals surface area (Å²) in [6.07, 6.45) is -3.22. The first-order chi connectivity index (χ1) is 8.73. The van der Waals surface area contributed by atoms with Crippen molar-refractivity contribution in [2.45, 2.75) is 31.3 Å². The molecule has 19 heavy (non-hydrogen) atoms. The fourth-order valence-corrected chi connectivity index (χ4v) is 1.32. The Morgan fingerprint density at radius 3 is 1.58 bits per heavy atom. The summed E-state index contributed by atoms with van der Waals surface area (Å²) in [5.41, 5.74) is -2.79. The number of esters is 4. The van der Waals surface area contributed by atoms with Gasteiger partial charge < -0.3 is 19.7 Å². The summed E-state index contributed by atoms with van der Waals surface area (Å²) in [6, 6.07) is 0. The van der Waals surface area contributed by atoms with Gasteiger partial charge in [0.05, 0.1) is 25.7 Å². The van der Waals surface area contributed by atoms with Crippen LogP contribution in [0.1, 0.15) is 25.7 Å². The molecule has 0 aromatic heterocycles. The van der Waals surface area contributed by atoms with Gasteiger partial charge in [-0.15, -0.1) is 0 Å². The number of hydrogen-bond acceptors (Lipinski definition) is 8. The van der Waals surface area contributed by atoms with Crippen LogP contribution in [0.15, 0.2) is 0 Å². The smallest absolute Gasteiger partial charge is 0.336 e. The van der Waals surface area contributed by atoms with E-state index in [9.17, 15) is 29.1 Å². The zero-order chi connectivity index (χ0) is 14.6. The van der Waals surface area contributed by atoms with Gasteiger partial charge in [0, 0.05) is 0 Å². The molecule has 0 aliphatic carbocycles. The standard InChI is InChI=1S/C10H10O9/c11-5-1-2-6(12)19-8(14)4-10(17,9(15)16)3-7(13)18-5/h17H,1-4H2,(H,15,16). The molecule has 0 aromatic rings. The van der Waals surface area contributed by atoms with Gasteiger partial charge in [0.25, 0.3) is 0 Å². The average molecular weight is 274 g/mol. The maximum absolute atomic E-state index is 11.2. The van der Waals surface area contributed by atoms with E-state index in [1.54, 1.807) is 0 Å². The summed E-state index contributed by atoms with van der Waals surface area (Å²) in [4.78, 5) is 55.4. The third kappa shape index (κ3) is 4.14. The van der Waals surface area contributed by atoms with Gasteiger partial charge in [0.2, 0.25) is 0 Å². The fourth-order valence-electron chi connectivity index (χ4n) is 1.32. The lowest BCUT2D eigenvalue weighted by molar-refractivity contribution is -0.175. The first-order valence-electron chi connectivity index (χ1n) is 5.16. The third-order valence-corrected chi connectivity index (χ3v) is 2.26. The molecule has 0 atom stereocenters. The molecule has 1 saturated heterocycles. The van der Waals surface area contributed by atoms with Crippen molar-refractivity contribution in [1.29, 1.82) is 0 Å². The molecular weight excluding hydrogens is 264 g/mol. The van der Waals surface area contributed by atoms with Crippen molar-refractivity contribution in [2.75, 3.05) is 0 Å². The first kappa shape index (κ1) is 14.8. The Hall–Kier alpha value is -2.29.